The Morgan fingerprint density at radius 1 is 1.82 bits per heavy atom. The first kappa shape index (κ1) is 8.49. The third-order valence-electron chi connectivity index (χ3n) is 1.89. The van der Waals surface area contributed by atoms with E-state index in [2.05, 4.69) is 5.32 Å². The quantitative estimate of drug-likeness (QED) is 0.600. The third kappa shape index (κ3) is 2.48. The van der Waals surface area contributed by atoms with E-state index in [4.69, 9.17) is 9.84 Å². The molecule has 0 saturated carbocycles. The number of carboxylic acids is 1. The van der Waals surface area contributed by atoms with Gasteiger partial charge in [-0.1, -0.05) is 0 Å². The van der Waals surface area contributed by atoms with Crippen LogP contribution in [0.5, 0.6) is 0 Å². The number of hydrogen-bond acceptors (Lipinski definition) is 3. The van der Waals surface area contributed by atoms with Crippen LogP contribution in [0, 0.1) is 0 Å². The van der Waals surface area contributed by atoms with Crippen LogP contribution in [0.1, 0.15) is 13.3 Å². The summed E-state index contributed by atoms with van der Waals surface area (Å²) in [5.41, 5.74) is 0. The lowest BCUT2D eigenvalue weighted by Gasteiger charge is -2.13. The van der Waals surface area contributed by atoms with Gasteiger partial charge in [0.15, 0.2) is 0 Å². The van der Waals surface area contributed by atoms with Crippen molar-refractivity contribution in [2.45, 2.75) is 25.5 Å². The molecule has 0 radical (unpaired) electrons. The molecule has 0 bridgehead atoms. The topological polar surface area (TPSA) is 58.6 Å². The molecule has 1 saturated heterocycles. The summed E-state index contributed by atoms with van der Waals surface area (Å²) in [6.07, 6.45) is 1.06. The molecule has 11 heavy (non-hydrogen) atoms. The molecular weight excluding hydrogens is 146 g/mol. The Morgan fingerprint density at radius 3 is 3.00 bits per heavy atom. The number of carbonyl (C=O) groups is 1. The van der Waals surface area contributed by atoms with E-state index in [-0.39, 0.29) is 18.7 Å². The molecule has 2 N–H and O–H groups in total. The van der Waals surface area contributed by atoms with Crippen molar-refractivity contribution < 1.29 is 14.6 Å². The molecule has 4 nitrogen and oxygen atoms in total. The van der Waals surface area contributed by atoms with Crippen molar-refractivity contribution in [1.29, 1.82) is 0 Å². The first-order valence-electron chi connectivity index (χ1n) is 3.77. The van der Waals surface area contributed by atoms with E-state index < -0.39 is 5.97 Å². The summed E-state index contributed by atoms with van der Waals surface area (Å²) in [6, 6.07) is 0.214. The van der Waals surface area contributed by atoms with Crippen molar-refractivity contribution in [3.63, 3.8) is 0 Å². The molecule has 0 aromatic carbocycles. The van der Waals surface area contributed by atoms with Crippen molar-refractivity contribution in [1.82, 2.24) is 5.32 Å². The number of nitrogens with one attached hydrogen (secondary N) is 1. The third-order valence-corrected chi connectivity index (χ3v) is 1.89. The maximum absolute atomic E-state index is 10.2. The monoisotopic (exact) mass is 159 g/mol. The van der Waals surface area contributed by atoms with Crippen LogP contribution >= 0.6 is 0 Å². The fourth-order valence-corrected chi connectivity index (χ4v) is 1.22. The van der Waals surface area contributed by atoms with Gasteiger partial charge in [0.1, 0.15) is 0 Å². The van der Waals surface area contributed by atoms with Gasteiger partial charge in [-0.2, -0.15) is 0 Å². The van der Waals surface area contributed by atoms with E-state index in [0.717, 1.165) is 13.0 Å². The fraction of sp³-hybridized carbons (Fsp3) is 0.857. The van der Waals surface area contributed by atoms with Crippen LogP contribution in [0.25, 0.3) is 0 Å². The average molecular weight is 159 g/mol. The minimum atomic E-state index is -0.816. The zero-order chi connectivity index (χ0) is 8.27. The lowest BCUT2D eigenvalue weighted by atomic mass is 10.1. The molecule has 2 atom stereocenters. The lowest BCUT2D eigenvalue weighted by Crippen LogP contribution is -2.37. The smallest absolute Gasteiger partial charge is 0.317 e. The molecule has 1 aliphatic heterocycles. The molecule has 0 aliphatic carbocycles. The number of hydrogen-bond donors (Lipinski definition) is 2. The molecule has 64 valence electrons. The summed E-state index contributed by atoms with van der Waals surface area (Å²) < 4.78 is 5.24. The molecule has 0 aromatic heterocycles. The lowest BCUT2D eigenvalue weighted by molar-refractivity contribution is -0.136. The number of aliphatic carboxylic acids is 1. The van der Waals surface area contributed by atoms with Crippen LogP contribution in [0.15, 0.2) is 0 Å². The van der Waals surface area contributed by atoms with Crippen LogP contribution in [0.3, 0.4) is 0 Å². The van der Waals surface area contributed by atoms with E-state index in [9.17, 15) is 4.79 Å². The highest BCUT2D eigenvalue weighted by atomic mass is 16.5. The molecule has 0 amide bonds. The average Bonchev–Trinajstić information content (AvgIpc) is 2.31. The molecular formula is C7H13NO3. The van der Waals surface area contributed by atoms with Gasteiger partial charge in [-0.05, 0) is 13.3 Å². The van der Waals surface area contributed by atoms with Gasteiger partial charge in [0.05, 0.1) is 12.6 Å². The number of rotatable bonds is 3. The normalized spacial score (nSPS) is 30.6. The maximum atomic E-state index is 10.2. The van der Waals surface area contributed by atoms with E-state index in [1.807, 2.05) is 6.92 Å². The Hall–Kier alpha value is -0.610. The molecule has 1 fully saturated rings. The fourth-order valence-electron chi connectivity index (χ4n) is 1.22. The molecule has 1 rings (SSSR count). The summed E-state index contributed by atoms with van der Waals surface area (Å²) in [5.74, 6) is -0.816. The van der Waals surface area contributed by atoms with E-state index in [1.165, 1.54) is 0 Å². The maximum Gasteiger partial charge on any atom is 0.317 e. The Bertz CT molecular complexity index is 149. The Balaban J connectivity index is 2.20. The van der Waals surface area contributed by atoms with Crippen molar-refractivity contribution in [2.24, 2.45) is 0 Å². The van der Waals surface area contributed by atoms with Gasteiger partial charge in [0.2, 0.25) is 0 Å². The Kier molecular flexibility index (Phi) is 2.84. The minimum Gasteiger partial charge on any atom is -0.480 e. The highest BCUT2D eigenvalue weighted by molar-refractivity contribution is 5.69. The Morgan fingerprint density at radius 2 is 2.55 bits per heavy atom. The van der Waals surface area contributed by atoms with E-state index in [1.54, 1.807) is 0 Å². The second-order valence-corrected chi connectivity index (χ2v) is 2.75. The predicted molar refractivity (Wildman–Crippen MR) is 39.5 cm³/mol. The molecule has 1 aliphatic rings. The first-order chi connectivity index (χ1) is 5.20. The molecule has 4 heteroatoms. The minimum absolute atomic E-state index is 0.0262. The van der Waals surface area contributed by atoms with Crippen molar-refractivity contribution in [2.75, 3.05) is 13.2 Å². The van der Waals surface area contributed by atoms with Crippen molar-refractivity contribution >= 4 is 5.97 Å². The molecule has 0 aromatic rings. The largest absolute Gasteiger partial charge is 0.480 e. The number of ether oxygens (including phenoxy) is 1. The van der Waals surface area contributed by atoms with E-state index >= 15 is 0 Å². The Labute approximate surface area is 65.5 Å². The summed E-state index contributed by atoms with van der Waals surface area (Å²) in [6.45, 7) is 2.71. The van der Waals surface area contributed by atoms with Crippen LogP contribution in [0.4, 0.5) is 0 Å². The van der Waals surface area contributed by atoms with Gasteiger partial charge < -0.3 is 15.2 Å². The molecule has 1 heterocycles. The van der Waals surface area contributed by atoms with Crippen LogP contribution in [-0.2, 0) is 9.53 Å². The van der Waals surface area contributed by atoms with Gasteiger partial charge >= 0.3 is 5.97 Å². The zero-order valence-corrected chi connectivity index (χ0v) is 6.54. The summed E-state index contributed by atoms with van der Waals surface area (Å²) in [4.78, 5) is 10.2. The van der Waals surface area contributed by atoms with Gasteiger partial charge in [-0.15, -0.1) is 0 Å². The van der Waals surface area contributed by atoms with Crippen LogP contribution < -0.4 is 5.32 Å². The van der Waals surface area contributed by atoms with Crippen molar-refractivity contribution in [3.05, 3.63) is 0 Å². The van der Waals surface area contributed by atoms with Gasteiger partial charge in [-0.25, -0.2) is 0 Å². The van der Waals surface area contributed by atoms with Gasteiger partial charge in [0.25, 0.3) is 0 Å². The van der Waals surface area contributed by atoms with Gasteiger partial charge in [-0.3, -0.25) is 4.79 Å². The SMILES string of the molecule is CC1OCCC1NCC(=O)O. The summed E-state index contributed by atoms with van der Waals surface area (Å²) in [7, 11) is 0. The first-order valence-corrected chi connectivity index (χ1v) is 3.77. The molecule has 2 unspecified atom stereocenters. The number of carboxylic acid groups (broad SMARTS) is 1. The zero-order valence-electron chi connectivity index (χ0n) is 6.54. The van der Waals surface area contributed by atoms with Crippen molar-refractivity contribution in [3.8, 4) is 0 Å². The highest BCUT2D eigenvalue weighted by Crippen LogP contribution is 2.11. The van der Waals surface area contributed by atoms with E-state index in [0.29, 0.717) is 0 Å². The summed E-state index contributed by atoms with van der Waals surface area (Å²) >= 11 is 0. The predicted octanol–water partition coefficient (Wildman–Crippen LogP) is -0.162. The van der Waals surface area contributed by atoms with Crippen LogP contribution in [0.2, 0.25) is 0 Å². The van der Waals surface area contributed by atoms with Gasteiger partial charge in [0, 0.05) is 12.6 Å². The summed E-state index contributed by atoms with van der Waals surface area (Å²) in [5, 5.41) is 11.3. The van der Waals surface area contributed by atoms with Crippen LogP contribution in [-0.4, -0.2) is 36.4 Å². The second-order valence-electron chi connectivity index (χ2n) is 2.75. The molecule has 0 spiro atoms. The highest BCUT2D eigenvalue weighted by Gasteiger charge is 2.23. The second kappa shape index (κ2) is 3.69. The standard InChI is InChI=1S/C7H13NO3/c1-5-6(2-3-11-5)8-4-7(9)10/h5-6,8H,2-4H2,1H3,(H,9,10).